The highest BCUT2D eigenvalue weighted by Gasteiger charge is 2.42. The summed E-state index contributed by atoms with van der Waals surface area (Å²) in [6.07, 6.45) is 3.72. The molecule has 0 unspecified atom stereocenters. The molecule has 10 nitrogen and oxygen atoms in total. The second-order valence-corrected chi connectivity index (χ2v) is 9.39. The third kappa shape index (κ3) is 4.63. The highest BCUT2D eigenvalue weighted by molar-refractivity contribution is 6.00. The van der Waals surface area contributed by atoms with Crippen molar-refractivity contribution in [2.45, 2.75) is 38.8 Å². The van der Waals surface area contributed by atoms with Gasteiger partial charge in [0.25, 0.3) is 11.8 Å². The van der Waals surface area contributed by atoms with Crippen LogP contribution in [0.2, 0.25) is 0 Å². The van der Waals surface area contributed by atoms with E-state index in [1.807, 2.05) is 53.4 Å². The second-order valence-electron chi connectivity index (χ2n) is 9.39. The number of carbonyl (C=O) groups is 1. The number of hydrogen-bond donors (Lipinski definition) is 3. The highest BCUT2D eigenvalue weighted by atomic mass is 16.4. The van der Waals surface area contributed by atoms with Gasteiger partial charge in [-0.25, -0.2) is 4.98 Å². The monoisotopic (exact) mass is 499 g/mol. The Morgan fingerprint density at radius 2 is 1.95 bits per heavy atom. The van der Waals surface area contributed by atoms with E-state index in [1.165, 1.54) is 6.39 Å². The molecule has 3 heterocycles. The van der Waals surface area contributed by atoms with E-state index in [9.17, 15) is 9.90 Å². The molecule has 1 atom stereocenters. The Labute approximate surface area is 214 Å². The van der Waals surface area contributed by atoms with Crippen molar-refractivity contribution >= 4 is 23.4 Å². The van der Waals surface area contributed by atoms with Crippen molar-refractivity contribution in [2.75, 3.05) is 23.8 Å². The number of aliphatic hydroxyl groups is 1. The predicted octanol–water partition coefficient (Wildman–Crippen LogP) is 4.52. The van der Waals surface area contributed by atoms with Gasteiger partial charge >= 0.3 is 0 Å². The number of rotatable bonds is 9. The van der Waals surface area contributed by atoms with Crippen LogP contribution < -0.4 is 10.6 Å². The predicted molar refractivity (Wildman–Crippen MR) is 139 cm³/mol. The molecule has 1 amide bonds. The molecule has 1 aliphatic rings. The fraction of sp³-hybridized carbons (Fsp3) is 0.296. The average Bonchev–Trinajstić information content (AvgIpc) is 3.50. The van der Waals surface area contributed by atoms with E-state index in [1.54, 1.807) is 6.20 Å². The molecule has 190 valence electrons. The van der Waals surface area contributed by atoms with Crippen LogP contribution in [0.25, 0.3) is 11.5 Å². The topological polar surface area (TPSA) is 129 Å². The zero-order valence-corrected chi connectivity index (χ0v) is 21.0. The van der Waals surface area contributed by atoms with Crippen molar-refractivity contribution in [3.8, 4) is 11.5 Å². The number of nitrogens with zero attached hydrogens (tertiary/aromatic N) is 5. The third-order valence-electron chi connectivity index (χ3n) is 6.61. The Balaban J connectivity index is 1.47. The Morgan fingerprint density at radius 1 is 1.14 bits per heavy atom. The van der Waals surface area contributed by atoms with Gasteiger partial charge in [0.15, 0.2) is 0 Å². The summed E-state index contributed by atoms with van der Waals surface area (Å²) >= 11 is 0. The molecule has 4 aromatic rings. The minimum atomic E-state index is -0.417. The first-order valence-corrected chi connectivity index (χ1v) is 12.2. The smallest absolute Gasteiger partial charge is 0.254 e. The molecule has 0 bridgehead atoms. The van der Waals surface area contributed by atoms with Crippen molar-refractivity contribution < 1.29 is 14.3 Å². The highest BCUT2D eigenvalue weighted by Crippen LogP contribution is 2.40. The van der Waals surface area contributed by atoms with Crippen LogP contribution in [-0.2, 0) is 5.54 Å². The van der Waals surface area contributed by atoms with Gasteiger partial charge in [-0.3, -0.25) is 4.79 Å². The number of amides is 1. The van der Waals surface area contributed by atoms with Crippen molar-refractivity contribution in [3.63, 3.8) is 0 Å². The van der Waals surface area contributed by atoms with Gasteiger partial charge in [0, 0.05) is 24.0 Å². The largest absolute Gasteiger partial charge is 0.423 e. The summed E-state index contributed by atoms with van der Waals surface area (Å²) in [5, 5.41) is 24.4. The summed E-state index contributed by atoms with van der Waals surface area (Å²) in [6.45, 7) is 6.74. The number of aliphatic hydroxyl groups excluding tert-OH is 1. The molecule has 0 radical (unpaired) electrons. The van der Waals surface area contributed by atoms with Gasteiger partial charge in [0.1, 0.15) is 5.82 Å². The van der Waals surface area contributed by atoms with Crippen LogP contribution in [0, 0.1) is 0 Å². The molecule has 10 heteroatoms. The van der Waals surface area contributed by atoms with Crippen LogP contribution in [0.4, 0.5) is 17.5 Å². The fourth-order valence-electron chi connectivity index (χ4n) is 4.68. The number of fused-ring (bicyclic) bond motifs is 1. The lowest BCUT2D eigenvalue weighted by atomic mass is 9.93. The van der Waals surface area contributed by atoms with Gasteiger partial charge in [-0.05, 0) is 49.6 Å². The van der Waals surface area contributed by atoms with Crippen LogP contribution in [-0.4, -0.2) is 49.2 Å². The lowest BCUT2D eigenvalue weighted by Gasteiger charge is -2.32. The molecule has 2 aromatic carbocycles. The van der Waals surface area contributed by atoms with Crippen LogP contribution in [0.3, 0.4) is 0 Å². The Hall–Kier alpha value is -4.31. The van der Waals surface area contributed by atoms with E-state index in [-0.39, 0.29) is 18.4 Å². The number of aromatic nitrogens is 4. The number of benzene rings is 2. The van der Waals surface area contributed by atoms with Crippen molar-refractivity contribution in [3.05, 3.63) is 77.8 Å². The summed E-state index contributed by atoms with van der Waals surface area (Å²) in [7, 11) is 0. The summed E-state index contributed by atoms with van der Waals surface area (Å²) < 4.78 is 5.39. The summed E-state index contributed by atoms with van der Waals surface area (Å²) in [5.41, 5.74) is 3.43. The van der Waals surface area contributed by atoms with Crippen LogP contribution in [0.5, 0.6) is 0 Å². The standard InChI is InChI=1S/C27H29N7O3/c1-4-12-34-25(36)19-11-10-18(13-21(19)27(34,2)3)30-26-28-14-20(24-33-29-16-37-24)23(32-26)31-22(15-35)17-8-6-5-7-9-17/h5-11,13-14,16,22,35H,4,12,15H2,1-3H3,(H2,28,30,31,32)/t22-/m1/s1. The summed E-state index contributed by atoms with van der Waals surface area (Å²) in [5.74, 6) is 1.07. The van der Waals surface area contributed by atoms with Crippen LogP contribution in [0.1, 0.15) is 54.7 Å². The molecule has 2 aromatic heterocycles. The van der Waals surface area contributed by atoms with Gasteiger partial charge in [0.05, 0.1) is 23.8 Å². The first-order chi connectivity index (χ1) is 17.9. The molecular formula is C27H29N7O3. The summed E-state index contributed by atoms with van der Waals surface area (Å²) in [4.78, 5) is 24.0. The van der Waals surface area contributed by atoms with Gasteiger partial charge in [-0.2, -0.15) is 4.98 Å². The zero-order chi connectivity index (χ0) is 26.0. The maximum absolute atomic E-state index is 12.9. The number of carbonyl (C=O) groups excluding carboxylic acids is 1. The van der Waals surface area contributed by atoms with Crippen LogP contribution >= 0.6 is 0 Å². The van der Waals surface area contributed by atoms with Crippen molar-refractivity contribution in [2.24, 2.45) is 0 Å². The molecule has 0 spiro atoms. The molecule has 0 saturated carbocycles. The molecule has 37 heavy (non-hydrogen) atoms. The first-order valence-electron chi connectivity index (χ1n) is 12.2. The molecular weight excluding hydrogens is 470 g/mol. The maximum Gasteiger partial charge on any atom is 0.254 e. The quantitative estimate of drug-likeness (QED) is 0.304. The van der Waals surface area contributed by atoms with E-state index in [0.29, 0.717) is 29.4 Å². The third-order valence-corrected chi connectivity index (χ3v) is 6.61. The normalized spacial score (nSPS) is 14.9. The zero-order valence-electron chi connectivity index (χ0n) is 21.0. The van der Waals surface area contributed by atoms with Crippen molar-refractivity contribution in [1.29, 1.82) is 0 Å². The summed E-state index contributed by atoms with van der Waals surface area (Å²) in [6, 6.07) is 14.9. The first kappa shape index (κ1) is 24.4. The van der Waals surface area contributed by atoms with Gasteiger partial charge in [-0.15, -0.1) is 10.2 Å². The number of anilines is 3. The Morgan fingerprint density at radius 3 is 2.65 bits per heavy atom. The fourth-order valence-corrected chi connectivity index (χ4v) is 4.68. The SMILES string of the molecule is CCCN1C(=O)c2ccc(Nc3ncc(-c4nnco4)c(N[C@H](CO)c4ccccc4)n3)cc2C1(C)C. The van der Waals surface area contributed by atoms with Gasteiger partial charge < -0.3 is 25.1 Å². The second kappa shape index (κ2) is 9.98. The Bertz CT molecular complexity index is 1390. The van der Waals surface area contributed by atoms with E-state index < -0.39 is 11.6 Å². The number of nitrogens with one attached hydrogen (secondary N) is 2. The minimum absolute atomic E-state index is 0.0519. The molecule has 0 saturated heterocycles. The average molecular weight is 500 g/mol. The molecule has 0 aliphatic carbocycles. The lowest BCUT2D eigenvalue weighted by molar-refractivity contribution is 0.0619. The molecule has 0 fully saturated rings. The molecule has 5 rings (SSSR count). The van der Waals surface area contributed by atoms with Crippen molar-refractivity contribution in [1.82, 2.24) is 25.1 Å². The maximum atomic E-state index is 12.9. The van der Waals surface area contributed by atoms with E-state index >= 15 is 0 Å². The van der Waals surface area contributed by atoms with E-state index in [2.05, 4.69) is 51.6 Å². The molecule has 1 aliphatic heterocycles. The number of hydrogen-bond acceptors (Lipinski definition) is 9. The van der Waals surface area contributed by atoms with Crippen LogP contribution in [0.15, 0.2) is 65.5 Å². The van der Waals surface area contributed by atoms with E-state index in [4.69, 9.17) is 4.42 Å². The van der Waals surface area contributed by atoms with Gasteiger partial charge in [0.2, 0.25) is 12.3 Å². The minimum Gasteiger partial charge on any atom is -0.423 e. The lowest BCUT2D eigenvalue weighted by Crippen LogP contribution is -2.39. The van der Waals surface area contributed by atoms with Gasteiger partial charge in [-0.1, -0.05) is 37.3 Å². The molecule has 3 N–H and O–H groups in total. The van der Waals surface area contributed by atoms with E-state index in [0.717, 1.165) is 23.2 Å². The Kier molecular flexibility index (Phi) is 6.58.